The van der Waals surface area contributed by atoms with Crippen LogP contribution in [0.2, 0.25) is 0 Å². The molecule has 0 radical (unpaired) electrons. The Morgan fingerprint density at radius 3 is 2.55 bits per heavy atom. The maximum atomic E-state index is 13.2. The number of Topliss-reactive ketones (excluding diaryl/α,β-unsaturated/α-hetero) is 1. The Morgan fingerprint density at radius 2 is 1.94 bits per heavy atom. The number of fused-ring (bicyclic) bond motifs is 3. The number of aromatic hydroxyl groups is 1. The number of carbonyl (C=O) groups is 1. The first-order chi connectivity index (χ1) is 14.6. The Kier molecular flexibility index (Phi) is 5.13. The molecule has 3 aromatic rings. The number of carbonyl (C=O) groups excluding carboxylic acids is 1. The lowest BCUT2D eigenvalue weighted by molar-refractivity contribution is -0.0225. The van der Waals surface area contributed by atoms with E-state index in [1.165, 1.54) is 6.07 Å². The van der Waals surface area contributed by atoms with Crippen LogP contribution in [0.1, 0.15) is 50.0 Å². The molecule has 162 valence electrons. The predicted molar refractivity (Wildman–Crippen MR) is 118 cm³/mol. The minimum atomic E-state index is -1.18. The summed E-state index contributed by atoms with van der Waals surface area (Å²) in [6, 6.07) is 10.6. The van der Waals surface area contributed by atoms with Crippen LogP contribution in [-0.4, -0.2) is 27.7 Å². The second-order valence-electron chi connectivity index (χ2n) is 8.72. The van der Waals surface area contributed by atoms with Crippen molar-refractivity contribution >= 4 is 16.8 Å². The molecule has 6 heteroatoms. The Labute approximate surface area is 180 Å². The zero-order valence-electron chi connectivity index (χ0n) is 18.1. The van der Waals surface area contributed by atoms with E-state index in [0.29, 0.717) is 28.7 Å². The fourth-order valence-electron chi connectivity index (χ4n) is 4.00. The Morgan fingerprint density at radius 1 is 1.26 bits per heavy atom. The zero-order valence-corrected chi connectivity index (χ0v) is 18.1. The monoisotopic (exact) mass is 422 g/mol. The molecule has 1 aromatic heterocycles. The Hall–Kier alpha value is -3.12. The second-order valence-corrected chi connectivity index (χ2v) is 8.72. The molecular weight excluding hydrogens is 396 g/mol. The molecule has 2 N–H and O–H groups in total. The van der Waals surface area contributed by atoms with Gasteiger partial charge in [0.1, 0.15) is 23.2 Å². The lowest BCUT2D eigenvalue weighted by atomic mass is 9.89. The van der Waals surface area contributed by atoms with E-state index in [1.807, 2.05) is 37.3 Å². The summed E-state index contributed by atoms with van der Waals surface area (Å²) in [7, 11) is 0. The Bertz CT molecular complexity index is 1220. The first kappa shape index (κ1) is 21.1. The fourth-order valence-corrected chi connectivity index (χ4v) is 4.00. The van der Waals surface area contributed by atoms with E-state index in [4.69, 9.17) is 9.15 Å². The van der Waals surface area contributed by atoms with E-state index in [0.717, 1.165) is 5.56 Å². The van der Waals surface area contributed by atoms with Gasteiger partial charge in [-0.3, -0.25) is 4.79 Å². The van der Waals surface area contributed by atoms with Gasteiger partial charge in [-0.1, -0.05) is 44.2 Å². The quantitative estimate of drug-likeness (QED) is 0.465. The van der Waals surface area contributed by atoms with Crippen LogP contribution in [0.5, 0.6) is 11.5 Å². The van der Waals surface area contributed by atoms with E-state index in [1.54, 1.807) is 20.8 Å². The molecule has 1 aliphatic rings. The molecule has 0 saturated heterocycles. The molecule has 6 nitrogen and oxygen atoms in total. The molecule has 0 amide bonds. The van der Waals surface area contributed by atoms with Crippen molar-refractivity contribution in [3.8, 4) is 22.6 Å². The summed E-state index contributed by atoms with van der Waals surface area (Å²) in [6.07, 6.45) is 0.179. The van der Waals surface area contributed by atoms with Gasteiger partial charge in [-0.15, -0.1) is 0 Å². The van der Waals surface area contributed by atoms with Gasteiger partial charge in [0, 0.05) is 29.5 Å². The van der Waals surface area contributed by atoms with Crippen molar-refractivity contribution < 1.29 is 24.2 Å². The maximum Gasteiger partial charge on any atom is 0.336 e. The van der Waals surface area contributed by atoms with Gasteiger partial charge in [-0.25, -0.2) is 4.79 Å². The standard InChI is InChI=1S/C25H26O6/c1-5-13(2)21(27)20-22(28)16-11-17(25(3,4)29)30-23(16)19-15(12-18(26)31-24(19)20)14-9-7-6-8-10-14/h6-10,12-13,17,28-29H,5,11H2,1-4H3/t13?,17-/m0/s1. The lowest BCUT2D eigenvalue weighted by Crippen LogP contribution is -2.39. The maximum absolute atomic E-state index is 13.2. The highest BCUT2D eigenvalue weighted by Gasteiger charge is 2.40. The number of hydrogen-bond acceptors (Lipinski definition) is 6. The molecule has 2 aromatic carbocycles. The first-order valence-electron chi connectivity index (χ1n) is 10.5. The van der Waals surface area contributed by atoms with Gasteiger partial charge >= 0.3 is 5.63 Å². The topological polar surface area (TPSA) is 97.0 Å². The van der Waals surface area contributed by atoms with E-state index in [2.05, 4.69) is 0 Å². The number of benzene rings is 2. The molecule has 0 fully saturated rings. The van der Waals surface area contributed by atoms with Crippen LogP contribution in [0.4, 0.5) is 0 Å². The SMILES string of the molecule is CCC(C)C(=O)c1c(O)c2c(c3c(-c4ccccc4)cc(=O)oc13)O[C@H](C(C)(C)O)C2. The smallest absolute Gasteiger partial charge is 0.336 e. The largest absolute Gasteiger partial charge is 0.507 e. The second kappa shape index (κ2) is 7.54. The van der Waals surface area contributed by atoms with E-state index in [9.17, 15) is 19.8 Å². The van der Waals surface area contributed by atoms with Gasteiger partial charge < -0.3 is 19.4 Å². The number of hydrogen-bond donors (Lipinski definition) is 2. The average Bonchev–Trinajstić information content (AvgIpc) is 3.19. The highest BCUT2D eigenvalue weighted by molar-refractivity contribution is 6.14. The molecule has 0 bridgehead atoms. The molecule has 0 aliphatic carbocycles. The van der Waals surface area contributed by atoms with Crippen molar-refractivity contribution in [2.45, 2.75) is 52.2 Å². The number of ether oxygens (including phenoxy) is 1. The van der Waals surface area contributed by atoms with Gasteiger partial charge in [0.15, 0.2) is 11.4 Å². The van der Waals surface area contributed by atoms with Crippen LogP contribution in [0.15, 0.2) is 45.6 Å². The normalized spacial score (nSPS) is 16.7. The van der Waals surface area contributed by atoms with E-state index in [-0.39, 0.29) is 35.0 Å². The van der Waals surface area contributed by atoms with Crippen molar-refractivity contribution in [1.29, 1.82) is 0 Å². The van der Waals surface area contributed by atoms with E-state index >= 15 is 0 Å². The van der Waals surface area contributed by atoms with Crippen molar-refractivity contribution in [1.82, 2.24) is 0 Å². The van der Waals surface area contributed by atoms with Crippen LogP contribution in [-0.2, 0) is 6.42 Å². The summed E-state index contributed by atoms with van der Waals surface area (Å²) in [5.74, 6) is -0.575. The molecule has 1 aliphatic heterocycles. The van der Waals surface area contributed by atoms with Gasteiger partial charge in [0.2, 0.25) is 0 Å². The molecule has 0 spiro atoms. The molecule has 0 saturated carbocycles. The van der Waals surface area contributed by atoms with Crippen molar-refractivity contribution in [2.75, 3.05) is 0 Å². The number of aliphatic hydroxyl groups is 1. The average molecular weight is 422 g/mol. The molecule has 4 rings (SSSR count). The van der Waals surface area contributed by atoms with Crippen LogP contribution in [0.25, 0.3) is 22.1 Å². The molecule has 2 atom stereocenters. The van der Waals surface area contributed by atoms with Crippen molar-refractivity contribution in [3.05, 3.63) is 57.9 Å². The third-order valence-electron chi connectivity index (χ3n) is 6.04. The zero-order chi connectivity index (χ0) is 22.5. The minimum Gasteiger partial charge on any atom is -0.507 e. The van der Waals surface area contributed by atoms with E-state index < -0.39 is 17.3 Å². The van der Waals surface area contributed by atoms with Gasteiger partial charge in [-0.05, 0) is 25.8 Å². The molecule has 2 heterocycles. The minimum absolute atomic E-state index is 0.00187. The third kappa shape index (κ3) is 3.51. The van der Waals surface area contributed by atoms with Crippen LogP contribution in [0, 0.1) is 5.92 Å². The van der Waals surface area contributed by atoms with Gasteiger partial charge in [0.05, 0.1) is 11.0 Å². The summed E-state index contributed by atoms with van der Waals surface area (Å²) in [5.41, 5.74) is -0.0370. The van der Waals surface area contributed by atoms with Crippen molar-refractivity contribution in [2.24, 2.45) is 5.92 Å². The summed E-state index contributed by atoms with van der Waals surface area (Å²) < 4.78 is 11.6. The fraction of sp³-hybridized carbons (Fsp3) is 0.360. The Balaban J connectivity index is 2.13. The van der Waals surface area contributed by atoms with Crippen molar-refractivity contribution in [3.63, 3.8) is 0 Å². The number of phenolic OH excluding ortho intramolecular Hbond substituents is 1. The molecular formula is C25H26O6. The molecule has 1 unspecified atom stereocenters. The van der Waals surface area contributed by atoms with Gasteiger partial charge in [0.25, 0.3) is 0 Å². The summed E-state index contributed by atoms with van der Waals surface area (Å²) in [6.45, 7) is 6.92. The summed E-state index contributed by atoms with van der Waals surface area (Å²) in [4.78, 5) is 25.7. The van der Waals surface area contributed by atoms with Crippen LogP contribution in [0.3, 0.4) is 0 Å². The number of rotatable bonds is 5. The highest BCUT2D eigenvalue weighted by atomic mass is 16.5. The summed E-state index contributed by atoms with van der Waals surface area (Å²) >= 11 is 0. The number of phenols is 1. The predicted octanol–water partition coefficient (Wildman–Crippen LogP) is 4.47. The lowest BCUT2D eigenvalue weighted by Gasteiger charge is -2.24. The first-order valence-corrected chi connectivity index (χ1v) is 10.5. The third-order valence-corrected chi connectivity index (χ3v) is 6.04. The summed E-state index contributed by atoms with van der Waals surface area (Å²) in [5, 5.41) is 22.1. The number of ketones is 1. The van der Waals surface area contributed by atoms with Crippen LogP contribution < -0.4 is 10.4 Å². The highest BCUT2D eigenvalue weighted by Crippen LogP contribution is 2.49. The van der Waals surface area contributed by atoms with Gasteiger partial charge in [-0.2, -0.15) is 0 Å². The molecule has 31 heavy (non-hydrogen) atoms. The van der Waals surface area contributed by atoms with Crippen LogP contribution >= 0.6 is 0 Å².